The van der Waals surface area contributed by atoms with Gasteiger partial charge in [-0.05, 0) is 34.0 Å². The number of halogens is 1. The monoisotopic (exact) mass is 388 g/mol. The van der Waals surface area contributed by atoms with Gasteiger partial charge in [0.05, 0.1) is 12.6 Å². The second kappa shape index (κ2) is 14.9. The van der Waals surface area contributed by atoms with Gasteiger partial charge in [-0.3, -0.25) is 0 Å². The van der Waals surface area contributed by atoms with Crippen molar-refractivity contribution in [2.75, 3.05) is 33.7 Å². The first kappa shape index (κ1) is 19.0. The number of nitrogens with zero attached hydrogens (tertiary/aromatic N) is 3. The van der Waals surface area contributed by atoms with Crippen LogP contribution < -0.4 is 0 Å². The van der Waals surface area contributed by atoms with E-state index in [2.05, 4.69) is 35.0 Å². The van der Waals surface area contributed by atoms with Crippen molar-refractivity contribution >= 4 is 18.4 Å². The maximum atomic E-state index is 3.99. The molecule has 0 saturated carbocycles. The predicted molar refractivity (Wildman–Crippen MR) is 55.7 cm³/mol. The Hall–Kier alpha value is 0.370. The van der Waals surface area contributed by atoms with Gasteiger partial charge in [0.25, 0.3) is 0 Å². The third-order valence-corrected chi connectivity index (χ3v) is 1.17. The van der Waals surface area contributed by atoms with Gasteiger partial charge in [-0.1, -0.05) is 0 Å². The molecule has 0 aromatic heterocycles. The Morgan fingerprint density at radius 2 is 1.85 bits per heavy atom. The van der Waals surface area contributed by atoms with Crippen molar-refractivity contribution in [3.63, 3.8) is 0 Å². The molecule has 5 heteroatoms. The summed E-state index contributed by atoms with van der Waals surface area (Å²) in [6, 6.07) is 2.64. The molecular formula is C8H18AuClN3. The molecule has 0 aromatic rings. The second-order valence-corrected chi connectivity index (χ2v) is 2.61. The van der Waals surface area contributed by atoms with Gasteiger partial charge in [0.2, 0.25) is 0 Å². The SMILES string of the molecule is CCN=C=NCCCN(C)C.Cl.[Au]. The van der Waals surface area contributed by atoms with Crippen molar-refractivity contribution in [3.8, 4) is 0 Å². The zero-order chi connectivity index (χ0) is 8.53. The molecule has 0 unspecified atom stereocenters. The molecule has 0 aliphatic heterocycles. The van der Waals surface area contributed by atoms with Gasteiger partial charge in [0.1, 0.15) is 0 Å². The van der Waals surface area contributed by atoms with Gasteiger partial charge < -0.3 is 4.90 Å². The van der Waals surface area contributed by atoms with E-state index in [-0.39, 0.29) is 34.8 Å². The van der Waals surface area contributed by atoms with Crippen molar-refractivity contribution in [2.45, 2.75) is 13.3 Å². The molecule has 1 radical (unpaired) electrons. The normalized spacial score (nSPS) is 8.00. The van der Waals surface area contributed by atoms with Crippen molar-refractivity contribution in [1.29, 1.82) is 0 Å². The zero-order valence-electron chi connectivity index (χ0n) is 8.38. The molecule has 0 N–H and O–H groups in total. The van der Waals surface area contributed by atoms with Gasteiger partial charge in [-0.2, -0.15) is 0 Å². The van der Waals surface area contributed by atoms with Crippen LogP contribution in [-0.4, -0.2) is 44.6 Å². The summed E-state index contributed by atoms with van der Waals surface area (Å²) in [4.78, 5) is 9.99. The zero-order valence-corrected chi connectivity index (χ0v) is 11.4. The van der Waals surface area contributed by atoms with E-state index in [1.54, 1.807) is 0 Å². The summed E-state index contributed by atoms with van der Waals surface area (Å²) in [6.07, 6.45) is 1.08. The van der Waals surface area contributed by atoms with E-state index < -0.39 is 0 Å². The molecule has 0 fully saturated rings. The number of rotatable bonds is 5. The van der Waals surface area contributed by atoms with Crippen LogP contribution >= 0.6 is 12.4 Å². The van der Waals surface area contributed by atoms with Crippen LogP contribution in [0.4, 0.5) is 0 Å². The quantitative estimate of drug-likeness (QED) is 0.399. The van der Waals surface area contributed by atoms with Gasteiger partial charge >= 0.3 is 0 Å². The Balaban J connectivity index is -0.000000500. The van der Waals surface area contributed by atoms with Crippen LogP contribution in [0.2, 0.25) is 0 Å². The van der Waals surface area contributed by atoms with Crippen LogP contribution in [-0.2, 0) is 22.4 Å². The molecule has 0 spiro atoms. The molecule has 0 heterocycles. The fourth-order valence-electron chi connectivity index (χ4n) is 0.637. The summed E-state index contributed by atoms with van der Waals surface area (Å²) in [5.74, 6) is 0. The first-order chi connectivity index (χ1) is 5.27. The average molecular weight is 389 g/mol. The Kier molecular flexibility index (Phi) is 21.8. The Morgan fingerprint density at radius 3 is 2.31 bits per heavy atom. The van der Waals surface area contributed by atoms with Gasteiger partial charge in [0, 0.05) is 28.9 Å². The average Bonchev–Trinajstić information content (AvgIpc) is 1.96. The standard InChI is InChI=1S/C8H17N3.Au.ClH/c1-4-9-8-10-6-5-7-11(2)3;;/h4-7H2,1-3H3;;1H. The van der Waals surface area contributed by atoms with E-state index in [0.717, 1.165) is 26.1 Å². The van der Waals surface area contributed by atoms with Crippen LogP contribution in [0, 0.1) is 0 Å². The molecule has 83 valence electrons. The van der Waals surface area contributed by atoms with Gasteiger partial charge in [0.15, 0.2) is 0 Å². The minimum atomic E-state index is 0. The van der Waals surface area contributed by atoms with Crippen molar-refractivity contribution in [3.05, 3.63) is 0 Å². The van der Waals surface area contributed by atoms with Crippen LogP contribution in [0.15, 0.2) is 9.98 Å². The smallest absolute Gasteiger partial charge is 0.0892 e. The van der Waals surface area contributed by atoms with E-state index in [9.17, 15) is 0 Å². The van der Waals surface area contributed by atoms with Crippen LogP contribution in [0.1, 0.15) is 13.3 Å². The molecule has 0 aliphatic carbocycles. The number of hydrogen-bond acceptors (Lipinski definition) is 3. The maximum absolute atomic E-state index is 3.99. The minimum Gasteiger partial charge on any atom is -0.309 e. The molecular weight excluding hydrogens is 371 g/mol. The van der Waals surface area contributed by atoms with Crippen molar-refractivity contribution in [1.82, 2.24) is 4.90 Å². The first-order valence-electron chi connectivity index (χ1n) is 4.00. The Labute approximate surface area is 103 Å². The summed E-state index contributed by atoms with van der Waals surface area (Å²) in [6.45, 7) is 4.67. The van der Waals surface area contributed by atoms with E-state index in [0.29, 0.717) is 0 Å². The number of hydrogen-bond donors (Lipinski definition) is 0. The molecule has 0 saturated heterocycles. The maximum Gasteiger partial charge on any atom is 0.0892 e. The Morgan fingerprint density at radius 1 is 1.23 bits per heavy atom. The summed E-state index contributed by atoms with van der Waals surface area (Å²) in [7, 11) is 4.12. The summed E-state index contributed by atoms with van der Waals surface area (Å²) in [5, 5.41) is 0. The molecule has 0 aliphatic rings. The third-order valence-electron chi connectivity index (χ3n) is 1.17. The predicted octanol–water partition coefficient (Wildman–Crippen LogP) is 1.55. The van der Waals surface area contributed by atoms with E-state index in [4.69, 9.17) is 0 Å². The van der Waals surface area contributed by atoms with E-state index in [1.165, 1.54) is 0 Å². The Bertz CT molecular complexity index is 144. The van der Waals surface area contributed by atoms with Crippen LogP contribution in [0.3, 0.4) is 0 Å². The second-order valence-electron chi connectivity index (χ2n) is 2.61. The first-order valence-corrected chi connectivity index (χ1v) is 4.00. The van der Waals surface area contributed by atoms with Crippen molar-refractivity contribution < 1.29 is 22.4 Å². The summed E-state index contributed by atoms with van der Waals surface area (Å²) < 4.78 is 0. The molecule has 0 amide bonds. The summed E-state index contributed by atoms with van der Waals surface area (Å²) >= 11 is 0. The number of aliphatic imine (C=N–C) groups is 2. The van der Waals surface area contributed by atoms with E-state index in [1.807, 2.05) is 6.92 Å². The molecule has 0 bridgehead atoms. The fraction of sp³-hybridized carbons (Fsp3) is 0.875. The molecule has 3 nitrogen and oxygen atoms in total. The largest absolute Gasteiger partial charge is 0.309 e. The van der Waals surface area contributed by atoms with Crippen LogP contribution in [0.5, 0.6) is 0 Å². The topological polar surface area (TPSA) is 28.0 Å². The third kappa shape index (κ3) is 19.0. The van der Waals surface area contributed by atoms with Gasteiger partial charge in [-0.15, -0.1) is 12.4 Å². The van der Waals surface area contributed by atoms with E-state index >= 15 is 0 Å². The fourth-order valence-corrected chi connectivity index (χ4v) is 0.637. The summed E-state index contributed by atoms with van der Waals surface area (Å²) in [5.41, 5.74) is 0. The molecule has 0 rings (SSSR count). The minimum absolute atomic E-state index is 0. The van der Waals surface area contributed by atoms with Crippen molar-refractivity contribution in [2.24, 2.45) is 9.98 Å². The molecule has 13 heavy (non-hydrogen) atoms. The van der Waals surface area contributed by atoms with Gasteiger partial charge in [-0.25, -0.2) is 9.98 Å². The molecule has 0 aromatic carbocycles. The van der Waals surface area contributed by atoms with Crippen LogP contribution in [0.25, 0.3) is 0 Å². The molecule has 0 atom stereocenters.